The lowest BCUT2D eigenvalue weighted by Crippen LogP contribution is -2.31. The Bertz CT molecular complexity index is 529. The molecular formula is C11H7Cl2NO4. The molecule has 18 heavy (non-hydrogen) atoms. The first kappa shape index (κ1) is 12.9. The van der Waals surface area contributed by atoms with Crippen LogP contribution < -0.4 is 0 Å². The van der Waals surface area contributed by atoms with Crippen LogP contribution in [-0.2, 0) is 4.79 Å². The zero-order valence-corrected chi connectivity index (χ0v) is 10.5. The Kier molecular flexibility index (Phi) is 3.28. The molecule has 0 unspecified atom stereocenters. The number of imide groups is 1. The molecule has 0 atom stereocenters. The largest absolute Gasteiger partial charge is 0.481 e. The minimum absolute atomic E-state index is 0.153. The van der Waals surface area contributed by atoms with Crippen LogP contribution in [-0.4, -0.2) is 34.3 Å². The summed E-state index contributed by atoms with van der Waals surface area (Å²) < 4.78 is 0. The quantitative estimate of drug-likeness (QED) is 0.864. The smallest absolute Gasteiger partial charge is 0.305 e. The van der Waals surface area contributed by atoms with Crippen molar-refractivity contribution in [1.82, 2.24) is 4.90 Å². The lowest BCUT2D eigenvalue weighted by atomic mass is 10.1. The number of carbonyl (C=O) groups excluding carboxylic acids is 2. The van der Waals surface area contributed by atoms with Gasteiger partial charge in [-0.1, -0.05) is 23.2 Å². The Morgan fingerprint density at radius 2 is 1.56 bits per heavy atom. The number of aliphatic carboxylic acids is 1. The van der Waals surface area contributed by atoms with Crippen LogP contribution in [0, 0.1) is 0 Å². The fourth-order valence-corrected chi connectivity index (χ4v) is 2.02. The van der Waals surface area contributed by atoms with Crippen LogP contribution >= 0.6 is 23.2 Å². The van der Waals surface area contributed by atoms with E-state index in [1.165, 1.54) is 12.1 Å². The molecule has 1 N–H and O–H groups in total. The molecule has 94 valence electrons. The number of nitrogens with zero attached hydrogens (tertiary/aromatic N) is 1. The molecule has 2 rings (SSSR count). The van der Waals surface area contributed by atoms with Crippen molar-refractivity contribution in [3.8, 4) is 0 Å². The predicted molar refractivity (Wildman–Crippen MR) is 64.1 cm³/mol. The van der Waals surface area contributed by atoms with Gasteiger partial charge in [-0.05, 0) is 12.1 Å². The van der Waals surface area contributed by atoms with Crippen molar-refractivity contribution in [2.75, 3.05) is 6.54 Å². The third-order valence-electron chi connectivity index (χ3n) is 2.56. The van der Waals surface area contributed by atoms with Gasteiger partial charge in [-0.25, -0.2) is 0 Å². The summed E-state index contributed by atoms with van der Waals surface area (Å²) in [5, 5.41) is 8.91. The molecular weight excluding hydrogens is 281 g/mol. The third-order valence-corrected chi connectivity index (χ3v) is 3.28. The van der Waals surface area contributed by atoms with Crippen LogP contribution in [0.25, 0.3) is 0 Å². The number of benzene rings is 1. The summed E-state index contributed by atoms with van der Waals surface area (Å²) >= 11 is 11.5. The first-order chi connectivity index (χ1) is 8.41. The molecule has 0 fully saturated rings. The van der Waals surface area contributed by atoms with Crippen LogP contribution in [0.15, 0.2) is 12.1 Å². The number of carboxylic acids is 1. The van der Waals surface area contributed by atoms with Crippen molar-refractivity contribution in [3.63, 3.8) is 0 Å². The van der Waals surface area contributed by atoms with Crippen molar-refractivity contribution < 1.29 is 19.5 Å². The fourth-order valence-electron chi connectivity index (χ4n) is 1.69. The molecule has 0 bridgehead atoms. The monoisotopic (exact) mass is 287 g/mol. The van der Waals surface area contributed by atoms with E-state index in [1.807, 2.05) is 0 Å². The van der Waals surface area contributed by atoms with E-state index in [-0.39, 0.29) is 34.1 Å². The molecule has 7 heteroatoms. The summed E-state index contributed by atoms with van der Waals surface area (Å²) in [6.45, 7) is -0.170. The fraction of sp³-hybridized carbons (Fsp3) is 0.182. The van der Waals surface area contributed by atoms with Crippen molar-refractivity contribution >= 4 is 41.0 Å². The summed E-state index contributed by atoms with van der Waals surface area (Å²) in [6, 6.07) is 2.64. The molecule has 0 saturated carbocycles. The Balaban J connectivity index is 2.35. The molecule has 1 aromatic carbocycles. The van der Waals surface area contributed by atoms with E-state index >= 15 is 0 Å². The Morgan fingerprint density at radius 3 is 1.94 bits per heavy atom. The van der Waals surface area contributed by atoms with E-state index in [0.29, 0.717) is 0 Å². The van der Waals surface area contributed by atoms with Gasteiger partial charge in [0.2, 0.25) is 0 Å². The van der Waals surface area contributed by atoms with Gasteiger partial charge in [0.1, 0.15) is 0 Å². The maximum Gasteiger partial charge on any atom is 0.305 e. The van der Waals surface area contributed by atoms with E-state index < -0.39 is 17.8 Å². The Hall–Kier alpha value is -1.59. The number of carboxylic acid groups (broad SMARTS) is 1. The second-order valence-corrected chi connectivity index (χ2v) is 4.53. The molecule has 0 aliphatic carbocycles. The molecule has 1 heterocycles. The standard InChI is InChI=1S/C11H7Cl2NO4/c12-7-3-5-6(4-8(7)13)11(18)14(10(5)17)2-1-9(15)16/h3-4H,1-2H2,(H,15,16). The van der Waals surface area contributed by atoms with Gasteiger partial charge in [-0.3, -0.25) is 19.3 Å². The second kappa shape index (κ2) is 4.59. The number of halogens is 2. The van der Waals surface area contributed by atoms with E-state index in [1.54, 1.807) is 0 Å². The van der Waals surface area contributed by atoms with Crippen molar-refractivity contribution in [3.05, 3.63) is 33.3 Å². The van der Waals surface area contributed by atoms with Crippen LogP contribution in [0.2, 0.25) is 10.0 Å². The van der Waals surface area contributed by atoms with Crippen molar-refractivity contribution in [1.29, 1.82) is 0 Å². The van der Waals surface area contributed by atoms with Gasteiger partial charge in [0.25, 0.3) is 11.8 Å². The molecule has 1 aliphatic heterocycles. The Labute approximate surface area is 112 Å². The summed E-state index contributed by atoms with van der Waals surface area (Å²) in [7, 11) is 0. The average molecular weight is 288 g/mol. The SMILES string of the molecule is O=C(O)CCN1C(=O)c2cc(Cl)c(Cl)cc2C1=O. The molecule has 1 aromatic rings. The van der Waals surface area contributed by atoms with Crippen LogP contribution in [0.1, 0.15) is 27.1 Å². The summed E-state index contributed by atoms with van der Waals surface area (Å²) in [5.41, 5.74) is 0.305. The van der Waals surface area contributed by atoms with Gasteiger partial charge < -0.3 is 5.11 Å². The lowest BCUT2D eigenvalue weighted by Gasteiger charge is -2.11. The third kappa shape index (κ3) is 2.07. The number of fused-ring (bicyclic) bond motifs is 1. The minimum Gasteiger partial charge on any atom is -0.481 e. The topological polar surface area (TPSA) is 74.7 Å². The molecule has 0 spiro atoms. The minimum atomic E-state index is -1.08. The number of amides is 2. The van der Waals surface area contributed by atoms with E-state index in [2.05, 4.69) is 0 Å². The van der Waals surface area contributed by atoms with E-state index in [0.717, 1.165) is 4.90 Å². The van der Waals surface area contributed by atoms with Gasteiger partial charge in [0.15, 0.2) is 0 Å². The van der Waals surface area contributed by atoms with Crippen molar-refractivity contribution in [2.45, 2.75) is 6.42 Å². The van der Waals surface area contributed by atoms with E-state index in [9.17, 15) is 14.4 Å². The normalized spacial score (nSPS) is 14.0. The van der Waals surface area contributed by atoms with Gasteiger partial charge >= 0.3 is 5.97 Å². The first-order valence-electron chi connectivity index (χ1n) is 4.99. The Morgan fingerprint density at radius 1 is 1.11 bits per heavy atom. The maximum absolute atomic E-state index is 11.9. The molecule has 0 radical (unpaired) electrons. The van der Waals surface area contributed by atoms with Gasteiger partial charge in [-0.2, -0.15) is 0 Å². The molecule has 0 aromatic heterocycles. The molecule has 2 amide bonds. The van der Waals surface area contributed by atoms with Gasteiger partial charge in [0, 0.05) is 6.54 Å². The van der Waals surface area contributed by atoms with Gasteiger partial charge in [-0.15, -0.1) is 0 Å². The molecule has 5 nitrogen and oxygen atoms in total. The average Bonchev–Trinajstić information content (AvgIpc) is 2.51. The highest BCUT2D eigenvalue weighted by molar-refractivity contribution is 6.43. The van der Waals surface area contributed by atoms with Crippen LogP contribution in [0.5, 0.6) is 0 Å². The first-order valence-corrected chi connectivity index (χ1v) is 5.74. The highest BCUT2D eigenvalue weighted by Crippen LogP contribution is 2.31. The van der Waals surface area contributed by atoms with Crippen LogP contribution in [0.3, 0.4) is 0 Å². The number of hydrogen-bond donors (Lipinski definition) is 1. The summed E-state index contributed by atoms with van der Waals surface area (Å²) in [5.74, 6) is -2.17. The lowest BCUT2D eigenvalue weighted by molar-refractivity contribution is -0.137. The summed E-state index contributed by atoms with van der Waals surface area (Å²) in [4.78, 5) is 35.1. The van der Waals surface area contributed by atoms with Crippen LogP contribution in [0.4, 0.5) is 0 Å². The number of rotatable bonds is 3. The highest BCUT2D eigenvalue weighted by atomic mass is 35.5. The zero-order chi connectivity index (χ0) is 13.4. The predicted octanol–water partition coefficient (Wildman–Crippen LogP) is 2.06. The maximum atomic E-state index is 11.9. The highest BCUT2D eigenvalue weighted by Gasteiger charge is 2.36. The van der Waals surface area contributed by atoms with Crippen molar-refractivity contribution in [2.24, 2.45) is 0 Å². The number of hydrogen-bond acceptors (Lipinski definition) is 3. The second-order valence-electron chi connectivity index (χ2n) is 3.72. The zero-order valence-electron chi connectivity index (χ0n) is 8.94. The summed E-state index contributed by atoms with van der Waals surface area (Å²) in [6.07, 6.45) is -0.299. The number of carbonyl (C=O) groups is 3. The van der Waals surface area contributed by atoms with E-state index in [4.69, 9.17) is 28.3 Å². The molecule has 1 aliphatic rings. The molecule has 0 saturated heterocycles. The van der Waals surface area contributed by atoms with Gasteiger partial charge in [0.05, 0.1) is 27.6 Å².